The van der Waals surface area contributed by atoms with Gasteiger partial charge in [0, 0.05) is 11.5 Å². The van der Waals surface area contributed by atoms with Crippen LogP contribution in [-0.2, 0) is 6.61 Å². The first-order valence-electron chi connectivity index (χ1n) is 6.68. The number of benzene rings is 2. The summed E-state index contributed by atoms with van der Waals surface area (Å²) in [6.07, 6.45) is 0. The highest BCUT2D eigenvalue weighted by molar-refractivity contribution is 5.95. The number of hydrogen-bond donors (Lipinski definition) is 1. The summed E-state index contributed by atoms with van der Waals surface area (Å²) in [7, 11) is 0. The standard InChI is InChI=1S/C17H13NO4/c18-16(19)14-8-12-6-7-13(9-15(12)22-17(14)20)21-10-11-4-2-1-3-5-11/h1-9H,10H2,(H2,18,19). The minimum atomic E-state index is -0.806. The third kappa shape index (κ3) is 2.83. The van der Waals surface area contributed by atoms with Crippen molar-refractivity contribution in [3.8, 4) is 5.75 Å². The van der Waals surface area contributed by atoms with Crippen LogP contribution in [0.1, 0.15) is 15.9 Å². The maximum Gasteiger partial charge on any atom is 0.349 e. The average molecular weight is 295 g/mol. The third-order valence-electron chi connectivity index (χ3n) is 3.22. The fourth-order valence-electron chi connectivity index (χ4n) is 2.09. The lowest BCUT2D eigenvalue weighted by atomic mass is 10.1. The molecular formula is C17H13NO4. The van der Waals surface area contributed by atoms with Crippen LogP contribution in [-0.4, -0.2) is 5.91 Å². The van der Waals surface area contributed by atoms with Gasteiger partial charge in [0.15, 0.2) is 0 Å². The topological polar surface area (TPSA) is 82.5 Å². The molecule has 0 aliphatic rings. The molecule has 0 bridgehead atoms. The number of fused-ring (bicyclic) bond motifs is 1. The van der Waals surface area contributed by atoms with Crippen LogP contribution in [0.4, 0.5) is 0 Å². The quantitative estimate of drug-likeness (QED) is 0.749. The van der Waals surface area contributed by atoms with Crippen LogP contribution >= 0.6 is 0 Å². The van der Waals surface area contributed by atoms with Crippen molar-refractivity contribution in [1.29, 1.82) is 0 Å². The summed E-state index contributed by atoms with van der Waals surface area (Å²) in [5.41, 5.74) is 5.60. The smallest absolute Gasteiger partial charge is 0.349 e. The molecule has 0 saturated carbocycles. The Hall–Kier alpha value is -3.08. The van der Waals surface area contributed by atoms with Gasteiger partial charge in [-0.3, -0.25) is 4.79 Å². The van der Waals surface area contributed by atoms with Gasteiger partial charge in [-0.25, -0.2) is 4.79 Å². The zero-order valence-corrected chi connectivity index (χ0v) is 11.6. The highest BCUT2D eigenvalue weighted by Gasteiger charge is 2.10. The predicted molar refractivity (Wildman–Crippen MR) is 81.8 cm³/mol. The number of hydrogen-bond acceptors (Lipinski definition) is 4. The summed E-state index contributed by atoms with van der Waals surface area (Å²) >= 11 is 0. The van der Waals surface area contributed by atoms with Crippen molar-refractivity contribution in [3.63, 3.8) is 0 Å². The lowest BCUT2D eigenvalue weighted by Gasteiger charge is -2.07. The number of carbonyl (C=O) groups excluding carboxylic acids is 1. The van der Waals surface area contributed by atoms with E-state index in [0.29, 0.717) is 23.3 Å². The van der Waals surface area contributed by atoms with Crippen LogP contribution in [0.5, 0.6) is 5.75 Å². The molecule has 1 aromatic heterocycles. The second kappa shape index (κ2) is 5.73. The summed E-state index contributed by atoms with van der Waals surface area (Å²) in [5.74, 6) is -0.230. The molecule has 22 heavy (non-hydrogen) atoms. The third-order valence-corrected chi connectivity index (χ3v) is 3.22. The van der Waals surface area contributed by atoms with E-state index >= 15 is 0 Å². The zero-order chi connectivity index (χ0) is 15.5. The Labute approximate surface area is 125 Å². The van der Waals surface area contributed by atoms with Crippen molar-refractivity contribution in [1.82, 2.24) is 0 Å². The van der Waals surface area contributed by atoms with Gasteiger partial charge in [0.05, 0.1) is 0 Å². The molecule has 0 aliphatic carbocycles. The van der Waals surface area contributed by atoms with Gasteiger partial charge in [0.2, 0.25) is 0 Å². The second-order valence-corrected chi connectivity index (χ2v) is 4.79. The maximum atomic E-state index is 11.7. The molecular weight excluding hydrogens is 282 g/mol. The van der Waals surface area contributed by atoms with Crippen molar-refractivity contribution in [2.45, 2.75) is 6.61 Å². The Balaban J connectivity index is 1.88. The lowest BCUT2D eigenvalue weighted by Crippen LogP contribution is -2.20. The van der Waals surface area contributed by atoms with Crippen LogP contribution in [0.3, 0.4) is 0 Å². The van der Waals surface area contributed by atoms with E-state index in [-0.39, 0.29) is 5.56 Å². The van der Waals surface area contributed by atoms with Crippen LogP contribution < -0.4 is 16.1 Å². The molecule has 0 fully saturated rings. The van der Waals surface area contributed by atoms with Gasteiger partial charge in [-0.15, -0.1) is 0 Å². The van der Waals surface area contributed by atoms with Gasteiger partial charge < -0.3 is 14.9 Å². The molecule has 0 spiro atoms. The van der Waals surface area contributed by atoms with E-state index in [1.807, 2.05) is 30.3 Å². The number of nitrogens with two attached hydrogens (primary N) is 1. The van der Waals surface area contributed by atoms with Crippen LogP contribution in [0.25, 0.3) is 11.0 Å². The maximum absolute atomic E-state index is 11.7. The van der Waals surface area contributed by atoms with Crippen molar-refractivity contribution in [2.24, 2.45) is 5.73 Å². The molecule has 110 valence electrons. The number of carbonyl (C=O) groups is 1. The number of rotatable bonds is 4. The molecule has 0 unspecified atom stereocenters. The Morgan fingerprint density at radius 2 is 1.86 bits per heavy atom. The molecule has 0 atom stereocenters. The summed E-state index contributed by atoms with van der Waals surface area (Å²) in [5, 5.41) is 0.612. The Morgan fingerprint density at radius 1 is 1.09 bits per heavy atom. The minimum absolute atomic E-state index is 0.162. The van der Waals surface area contributed by atoms with Gasteiger partial charge in [0.1, 0.15) is 23.5 Å². The van der Waals surface area contributed by atoms with Crippen LogP contribution in [0.15, 0.2) is 63.8 Å². The van der Waals surface area contributed by atoms with Crippen molar-refractivity contribution in [3.05, 3.63) is 76.1 Å². The Morgan fingerprint density at radius 3 is 2.59 bits per heavy atom. The van der Waals surface area contributed by atoms with Crippen molar-refractivity contribution < 1.29 is 13.9 Å². The first-order chi connectivity index (χ1) is 10.6. The Kier molecular flexibility index (Phi) is 3.62. The highest BCUT2D eigenvalue weighted by atomic mass is 16.5. The fourth-order valence-corrected chi connectivity index (χ4v) is 2.09. The van der Waals surface area contributed by atoms with Gasteiger partial charge >= 0.3 is 5.63 Å². The van der Waals surface area contributed by atoms with Gasteiger partial charge in [-0.2, -0.15) is 0 Å². The molecule has 0 radical (unpaired) electrons. The number of ether oxygens (including phenoxy) is 1. The zero-order valence-electron chi connectivity index (χ0n) is 11.6. The summed E-state index contributed by atoms with van der Waals surface area (Å²) < 4.78 is 10.8. The molecule has 3 rings (SSSR count). The van der Waals surface area contributed by atoms with Crippen LogP contribution in [0.2, 0.25) is 0 Å². The van der Waals surface area contributed by atoms with E-state index in [1.54, 1.807) is 18.2 Å². The SMILES string of the molecule is NC(=O)c1cc2ccc(OCc3ccccc3)cc2oc1=O. The first-order valence-corrected chi connectivity index (χ1v) is 6.68. The van der Waals surface area contributed by atoms with Gasteiger partial charge in [-0.05, 0) is 23.8 Å². The van der Waals surface area contributed by atoms with Gasteiger partial charge in [-0.1, -0.05) is 30.3 Å². The molecule has 3 aromatic rings. The average Bonchev–Trinajstić information content (AvgIpc) is 2.52. The molecule has 2 N–H and O–H groups in total. The number of primary amides is 1. The molecule has 1 amide bonds. The van der Waals surface area contributed by atoms with Crippen molar-refractivity contribution in [2.75, 3.05) is 0 Å². The molecule has 2 aromatic carbocycles. The first kappa shape index (κ1) is 13.9. The van der Waals surface area contributed by atoms with Crippen molar-refractivity contribution >= 4 is 16.9 Å². The van der Waals surface area contributed by atoms with E-state index in [2.05, 4.69) is 0 Å². The molecule has 5 nitrogen and oxygen atoms in total. The fraction of sp³-hybridized carbons (Fsp3) is 0.0588. The molecule has 0 aliphatic heterocycles. The van der Waals surface area contributed by atoms with E-state index in [9.17, 15) is 9.59 Å². The van der Waals surface area contributed by atoms with Gasteiger partial charge in [0.25, 0.3) is 5.91 Å². The minimum Gasteiger partial charge on any atom is -0.489 e. The monoisotopic (exact) mass is 295 g/mol. The molecule has 0 saturated heterocycles. The number of amides is 1. The van der Waals surface area contributed by atoms with E-state index in [4.69, 9.17) is 14.9 Å². The molecule has 5 heteroatoms. The van der Waals surface area contributed by atoms with Crippen LogP contribution in [0, 0.1) is 0 Å². The van der Waals surface area contributed by atoms with E-state index in [0.717, 1.165) is 5.56 Å². The summed E-state index contributed by atoms with van der Waals surface area (Å²) in [4.78, 5) is 22.8. The summed E-state index contributed by atoms with van der Waals surface area (Å²) in [6, 6.07) is 16.2. The summed E-state index contributed by atoms with van der Waals surface area (Å²) in [6.45, 7) is 0.413. The lowest BCUT2D eigenvalue weighted by molar-refractivity contribution is 0.0997. The normalized spacial score (nSPS) is 10.5. The molecule has 1 heterocycles. The van der Waals surface area contributed by atoms with E-state index in [1.165, 1.54) is 6.07 Å². The largest absolute Gasteiger partial charge is 0.489 e. The predicted octanol–water partition coefficient (Wildman–Crippen LogP) is 2.47. The highest BCUT2D eigenvalue weighted by Crippen LogP contribution is 2.21. The Bertz CT molecular complexity index is 884. The second-order valence-electron chi connectivity index (χ2n) is 4.79. The van der Waals surface area contributed by atoms with E-state index < -0.39 is 11.5 Å².